The van der Waals surface area contributed by atoms with Crippen LogP contribution in [0.5, 0.6) is 0 Å². The Morgan fingerprint density at radius 3 is 2.78 bits per heavy atom. The minimum Gasteiger partial charge on any atom is -0.389 e. The van der Waals surface area contributed by atoms with E-state index >= 15 is 0 Å². The van der Waals surface area contributed by atoms with Gasteiger partial charge in [0.15, 0.2) is 0 Å². The third-order valence-corrected chi connectivity index (χ3v) is 4.07. The van der Waals surface area contributed by atoms with Crippen LogP contribution in [0, 0.1) is 0 Å². The summed E-state index contributed by atoms with van der Waals surface area (Å²) in [5, 5.41) is 10.1. The second kappa shape index (κ2) is 7.53. The molecule has 9 heteroatoms. The standard InChI is InChI=1S/C14H23N5O4/c15-5-2-1-3-9(16)13(22)18-7-10(11(20)8-18)19-6-4-12(21)17-14(19)23/h4,6,9-11,20H,1-3,5,7-8,15-16H2,(H,17,21,23)/t9-,10+,11+/m0/s1. The normalized spacial score (nSPS) is 22.3. The highest BCUT2D eigenvalue weighted by molar-refractivity contribution is 5.82. The van der Waals surface area contributed by atoms with E-state index < -0.39 is 29.4 Å². The molecule has 0 unspecified atom stereocenters. The summed E-state index contributed by atoms with van der Waals surface area (Å²) >= 11 is 0. The number of β-amino-alcohol motifs (C(OH)–C–C–N with tert-alkyl or cyclic N) is 1. The molecule has 0 bridgehead atoms. The number of nitrogens with zero attached hydrogens (tertiary/aromatic N) is 2. The van der Waals surface area contributed by atoms with Crippen molar-refractivity contribution in [2.75, 3.05) is 19.6 Å². The molecule has 0 aromatic carbocycles. The van der Waals surface area contributed by atoms with Crippen LogP contribution in [0.4, 0.5) is 0 Å². The van der Waals surface area contributed by atoms with Crippen molar-refractivity contribution in [3.05, 3.63) is 33.1 Å². The zero-order chi connectivity index (χ0) is 17.0. The van der Waals surface area contributed by atoms with Crippen molar-refractivity contribution in [1.29, 1.82) is 0 Å². The van der Waals surface area contributed by atoms with Crippen molar-refractivity contribution in [1.82, 2.24) is 14.5 Å². The number of aromatic amines is 1. The van der Waals surface area contributed by atoms with Crippen LogP contribution in [0.1, 0.15) is 25.3 Å². The minimum atomic E-state index is -0.890. The molecule has 1 aromatic heterocycles. The van der Waals surface area contributed by atoms with Crippen molar-refractivity contribution in [2.45, 2.75) is 37.5 Å². The molecule has 9 nitrogen and oxygen atoms in total. The van der Waals surface area contributed by atoms with Crippen LogP contribution in [0.15, 0.2) is 21.9 Å². The zero-order valence-electron chi connectivity index (χ0n) is 12.9. The van der Waals surface area contributed by atoms with Gasteiger partial charge in [0, 0.05) is 25.4 Å². The van der Waals surface area contributed by atoms with Crippen molar-refractivity contribution in [3.8, 4) is 0 Å². The molecule has 128 valence electrons. The molecule has 1 aliphatic rings. The van der Waals surface area contributed by atoms with Gasteiger partial charge in [0.05, 0.1) is 18.2 Å². The fourth-order valence-electron chi connectivity index (χ4n) is 2.78. The second-order valence-corrected chi connectivity index (χ2v) is 5.79. The van der Waals surface area contributed by atoms with Crippen molar-refractivity contribution in [2.24, 2.45) is 11.5 Å². The summed E-state index contributed by atoms with van der Waals surface area (Å²) < 4.78 is 1.24. The first-order valence-electron chi connectivity index (χ1n) is 7.68. The van der Waals surface area contributed by atoms with Gasteiger partial charge < -0.3 is 21.5 Å². The van der Waals surface area contributed by atoms with Gasteiger partial charge in [-0.3, -0.25) is 19.1 Å². The van der Waals surface area contributed by atoms with Gasteiger partial charge >= 0.3 is 5.69 Å². The molecule has 0 saturated carbocycles. The lowest BCUT2D eigenvalue weighted by Crippen LogP contribution is -2.43. The number of rotatable bonds is 6. The van der Waals surface area contributed by atoms with Crippen LogP contribution in [0.2, 0.25) is 0 Å². The SMILES string of the molecule is NCCCC[C@H](N)C(=O)N1C[C@@H](O)[C@H](n2ccc(=O)[nH]c2=O)C1. The summed E-state index contributed by atoms with van der Waals surface area (Å²) in [5.74, 6) is -0.249. The number of unbranched alkanes of at least 4 members (excludes halogenated alkanes) is 1. The Labute approximate surface area is 132 Å². The van der Waals surface area contributed by atoms with Gasteiger partial charge in [0.1, 0.15) is 0 Å². The van der Waals surface area contributed by atoms with Gasteiger partial charge in [-0.15, -0.1) is 0 Å². The highest BCUT2D eigenvalue weighted by Gasteiger charge is 2.37. The fraction of sp³-hybridized carbons (Fsp3) is 0.643. The molecule has 1 fully saturated rings. The lowest BCUT2D eigenvalue weighted by atomic mass is 10.1. The molecule has 6 N–H and O–H groups in total. The van der Waals surface area contributed by atoms with Crippen molar-refractivity contribution >= 4 is 5.91 Å². The maximum atomic E-state index is 12.3. The molecule has 23 heavy (non-hydrogen) atoms. The Hall–Kier alpha value is -1.97. The topological polar surface area (TPSA) is 147 Å². The quantitative estimate of drug-likeness (QED) is 0.434. The molecule has 2 heterocycles. The summed E-state index contributed by atoms with van der Waals surface area (Å²) in [6, 6.07) is -0.0312. The van der Waals surface area contributed by atoms with E-state index in [0.29, 0.717) is 13.0 Å². The van der Waals surface area contributed by atoms with E-state index in [1.807, 2.05) is 0 Å². The van der Waals surface area contributed by atoms with E-state index in [4.69, 9.17) is 11.5 Å². The molecule has 2 rings (SSSR count). The number of carbonyl (C=O) groups excluding carboxylic acids is 1. The average Bonchev–Trinajstić information content (AvgIpc) is 2.88. The van der Waals surface area contributed by atoms with E-state index in [-0.39, 0.29) is 19.0 Å². The number of likely N-dealkylation sites (tertiary alicyclic amines) is 1. The molecule has 0 radical (unpaired) electrons. The van der Waals surface area contributed by atoms with E-state index in [1.54, 1.807) is 0 Å². The third-order valence-electron chi connectivity index (χ3n) is 4.07. The minimum absolute atomic E-state index is 0.111. The first-order valence-corrected chi connectivity index (χ1v) is 7.68. The van der Waals surface area contributed by atoms with Crippen LogP contribution < -0.4 is 22.7 Å². The Morgan fingerprint density at radius 2 is 2.13 bits per heavy atom. The lowest BCUT2D eigenvalue weighted by Gasteiger charge is -2.20. The number of H-pyrrole nitrogens is 1. The number of hydrogen-bond donors (Lipinski definition) is 4. The number of nitrogens with two attached hydrogens (primary N) is 2. The van der Waals surface area contributed by atoms with Gasteiger partial charge in [0.25, 0.3) is 5.56 Å². The summed E-state index contributed by atoms with van der Waals surface area (Å²) in [5.41, 5.74) is 10.2. The molecule has 3 atom stereocenters. The Bertz CT molecular complexity index is 655. The van der Waals surface area contributed by atoms with Crippen LogP contribution >= 0.6 is 0 Å². The lowest BCUT2D eigenvalue weighted by molar-refractivity contribution is -0.132. The predicted octanol–water partition coefficient (Wildman–Crippen LogP) is -2.26. The summed E-state index contributed by atoms with van der Waals surface area (Å²) in [6.07, 6.45) is 2.54. The van der Waals surface area contributed by atoms with E-state index in [9.17, 15) is 19.5 Å². The number of carbonyl (C=O) groups is 1. The first-order chi connectivity index (χ1) is 10.9. The van der Waals surface area contributed by atoms with Crippen LogP contribution in [-0.4, -0.2) is 57.2 Å². The molecular weight excluding hydrogens is 302 g/mol. The maximum absolute atomic E-state index is 12.3. The van der Waals surface area contributed by atoms with Crippen molar-refractivity contribution in [3.63, 3.8) is 0 Å². The number of amides is 1. The van der Waals surface area contributed by atoms with Gasteiger partial charge in [-0.05, 0) is 19.4 Å². The van der Waals surface area contributed by atoms with E-state index in [1.165, 1.54) is 21.7 Å². The summed E-state index contributed by atoms with van der Waals surface area (Å²) in [7, 11) is 0. The van der Waals surface area contributed by atoms with Crippen LogP contribution in [0.25, 0.3) is 0 Å². The molecule has 1 saturated heterocycles. The Balaban J connectivity index is 2.04. The van der Waals surface area contributed by atoms with Crippen molar-refractivity contribution < 1.29 is 9.90 Å². The van der Waals surface area contributed by atoms with E-state index in [2.05, 4.69) is 4.98 Å². The number of nitrogens with one attached hydrogen (secondary N) is 1. The second-order valence-electron chi connectivity index (χ2n) is 5.79. The molecule has 1 aromatic rings. The number of aliphatic hydroxyl groups excluding tert-OH is 1. The summed E-state index contributed by atoms with van der Waals surface area (Å²) in [4.78, 5) is 38.8. The van der Waals surface area contributed by atoms with Gasteiger partial charge in [-0.2, -0.15) is 0 Å². The Kier molecular flexibility index (Phi) is 5.69. The van der Waals surface area contributed by atoms with Crippen LogP contribution in [0.3, 0.4) is 0 Å². The molecule has 1 amide bonds. The Morgan fingerprint density at radius 1 is 1.39 bits per heavy atom. The number of aromatic nitrogens is 2. The third kappa shape index (κ3) is 4.06. The zero-order valence-corrected chi connectivity index (χ0v) is 12.9. The van der Waals surface area contributed by atoms with Crippen LogP contribution in [-0.2, 0) is 4.79 Å². The number of hydrogen-bond acceptors (Lipinski definition) is 6. The molecule has 0 aliphatic carbocycles. The highest BCUT2D eigenvalue weighted by atomic mass is 16.3. The van der Waals surface area contributed by atoms with Gasteiger partial charge in [-0.25, -0.2) is 4.79 Å². The largest absolute Gasteiger partial charge is 0.389 e. The van der Waals surface area contributed by atoms with Gasteiger partial charge in [-0.1, -0.05) is 6.42 Å². The van der Waals surface area contributed by atoms with E-state index in [0.717, 1.165) is 12.8 Å². The molecule has 0 spiro atoms. The van der Waals surface area contributed by atoms with Gasteiger partial charge in [0.2, 0.25) is 5.91 Å². The summed E-state index contributed by atoms with van der Waals surface area (Å²) in [6.45, 7) is 0.844. The number of aliphatic hydroxyl groups is 1. The first kappa shape index (κ1) is 17.4. The average molecular weight is 325 g/mol. The molecule has 1 aliphatic heterocycles. The molecular formula is C14H23N5O4. The monoisotopic (exact) mass is 325 g/mol. The smallest absolute Gasteiger partial charge is 0.328 e. The fourth-order valence-corrected chi connectivity index (χ4v) is 2.78. The highest BCUT2D eigenvalue weighted by Crippen LogP contribution is 2.21. The maximum Gasteiger partial charge on any atom is 0.328 e. The predicted molar refractivity (Wildman–Crippen MR) is 83.8 cm³/mol.